The zero-order valence-corrected chi connectivity index (χ0v) is 12.5. The van der Waals surface area contributed by atoms with E-state index >= 15 is 0 Å². The third kappa shape index (κ3) is 5.43. The number of aliphatic carboxylic acids is 1. The van der Waals surface area contributed by atoms with Crippen molar-refractivity contribution in [2.24, 2.45) is 0 Å². The van der Waals surface area contributed by atoms with Crippen molar-refractivity contribution >= 4 is 11.9 Å². The van der Waals surface area contributed by atoms with E-state index in [0.717, 1.165) is 11.3 Å². The number of methoxy groups -OCH3 is 2. The second kappa shape index (κ2) is 8.26. The summed E-state index contributed by atoms with van der Waals surface area (Å²) in [6.07, 6.45) is -0.743. The van der Waals surface area contributed by atoms with Gasteiger partial charge in [-0.1, -0.05) is 19.1 Å². The van der Waals surface area contributed by atoms with Crippen LogP contribution in [0.5, 0.6) is 5.75 Å². The van der Waals surface area contributed by atoms with Gasteiger partial charge in [-0.2, -0.15) is 0 Å². The SMILES string of the molecule is COc1ccc(C(C)CC(=O)NCC(OC)C(=O)O)cc1. The van der Waals surface area contributed by atoms with Gasteiger partial charge < -0.3 is 19.9 Å². The Morgan fingerprint density at radius 1 is 1.24 bits per heavy atom. The standard InChI is InChI=1S/C15H21NO5/c1-10(11-4-6-12(20-2)7-5-11)8-14(17)16-9-13(21-3)15(18)19/h4-7,10,13H,8-9H2,1-3H3,(H,16,17)(H,18,19). The average Bonchev–Trinajstić information content (AvgIpc) is 2.47. The van der Waals surface area contributed by atoms with Crippen molar-refractivity contribution in [3.63, 3.8) is 0 Å². The van der Waals surface area contributed by atoms with E-state index in [-0.39, 0.29) is 24.8 Å². The molecule has 0 aromatic heterocycles. The van der Waals surface area contributed by atoms with E-state index in [2.05, 4.69) is 5.32 Å². The van der Waals surface area contributed by atoms with Crippen LogP contribution in [0.15, 0.2) is 24.3 Å². The summed E-state index contributed by atoms with van der Waals surface area (Å²) < 4.78 is 9.83. The topological polar surface area (TPSA) is 84.9 Å². The number of rotatable bonds is 8. The molecule has 0 spiro atoms. The predicted octanol–water partition coefficient (Wildman–Crippen LogP) is 1.40. The molecule has 0 saturated heterocycles. The van der Waals surface area contributed by atoms with E-state index in [1.165, 1.54) is 7.11 Å². The van der Waals surface area contributed by atoms with Crippen LogP contribution in [0.4, 0.5) is 0 Å². The third-order valence-electron chi connectivity index (χ3n) is 3.22. The maximum absolute atomic E-state index is 11.8. The van der Waals surface area contributed by atoms with E-state index in [1.807, 2.05) is 31.2 Å². The molecule has 1 aromatic carbocycles. The van der Waals surface area contributed by atoms with Crippen molar-refractivity contribution in [2.75, 3.05) is 20.8 Å². The molecule has 0 heterocycles. The number of carbonyl (C=O) groups is 2. The van der Waals surface area contributed by atoms with Gasteiger partial charge in [0.05, 0.1) is 13.7 Å². The average molecular weight is 295 g/mol. The number of benzene rings is 1. The highest BCUT2D eigenvalue weighted by molar-refractivity contribution is 5.78. The zero-order chi connectivity index (χ0) is 15.8. The molecule has 0 fully saturated rings. The van der Waals surface area contributed by atoms with Crippen LogP contribution in [0.3, 0.4) is 0 Å². The Morgan fingerprint density at radius 2 is 1.86 bits per heavy atom. The number of carboxylic acid groups (broad SMARTS) is 1. The van der Waals surface area contributed by atoms with Gasteiger partial charge in [-0.3, -0.25) is 4.79 Å². The van der Waals surface area contributed by atoms with Crippen LogP contribution < -0.4 is 10.1 Å². The fraction of sp³-hybridized carbons (Fsp3) is 0.467. The van der Waals surface area contributed by atoms with Gasteiger partial charge in [-0.15, -0.1) is 0 Å². The molecule has 0 aliphatic heterocycles. The number of hydrogen-bond acceptors (Lipinski definition) is 4. The van der Waals surface area contributed by atoms with Crippen LogP contribution >= 0.6 is 0 Å². The molecule has 0 aliphatic carbocycles. The number of hydrogen-bond donors (Lipinski definition) is 2. The third-order valence-corrected chi connectivity index (χ3v) is 3.22. The Kier molecular flexibility index (Phi) is 6.68. The van der Waals surface area contributed by atoms with E-state index in [0.29, 0.717) is 0 Å². The molecule has 0 bridgehead atoms. The van der Waals surface area contributed by atoms with Crippen molar-refractivity contribution in [3.8, 4) is 5.75 Å². The number of carboxylic acids is 1. The smallest absolute Gasteiger partial charge is 0.334 e. The van der Waals surface area contributed by atoms with Gasteiger partial charge in [0, 0.05) is 13.5 Å². The molecule has 1 amide bonds. The van der Waals surface area contributed by atoms with Crippen molar-refractivity contribution < 1.29 is 24.2 Å². The first-order valence-corrected chi connectivity index (χ1v) is 6.64. The summed E-state index contributed by atoms with van der Waals surface area (Å²) in [6.45, 7) is 1.90. The fourth-order valence-electron chi connectivity index (χ4n) is 1.88. The Hall–Kier alpha value is -2.08. The molecule has 6 heteroatoms. The van der Waals surface area contributed by atoms with Crippen LogP contribution in [-0.4, -0.2) is 43.9 Å². The lowest BCUT2D eigenvalue weighted by Crippen LogP contribution is -2.38. The van der Waals surface area contributed by atoms with Gasteiger partial charge in [0.1, 0.15) is 5.75 Å². The van der Waals surface area contributed by atoms with E-state index in [1.54, 1.807) is 7.11 Å². The molecule has 2 unspecified atom stereocenters. The van der Waals surface area contributed by atoms with Gasteiger partial charge in [0.2, 0.25) is 5.91 Å². The monoisotopic (exact) mass is 295 g/mol. The van der Waals surface area contributed by atoms with Crippen molar-refractivity contribution in [3.05, 3.63) is 29.8 Å². The lowest BCUT2D eigenvalue weighted by molar-refractivity contribution is -0.148. The van der Waals surface area contributed by atoms with Crippen LogP contribution in [0.25, 0.3) is 0 Å². The Morgan fingerprint density at radius 3 is 2.33 bits per heavy atom. The zero-order valence-electron chi connectivity index (χ0n) is 12.5. The molecule has 6 nitrogen and oxygen atoms in total. The number of carbonyl (C=O) groups excluding carboxylic acids is 1. The van der Waals surface area contributed by atoms with Gasteiger partial charge in [-0.05, 0) is 23.6 Å². The molecule has 116 valence electrons. The van der Waals surface area contributed by atoms with Crippen LogP contribution in [-0.2, 0) is 14.3 Å². The van der Waals surface area contributed by atoms with Crippen LogP contribution in [0.2, 0.25) is 0 Å². The van der Waals surface area contributed by atoms with Crippen molar-refractivity contribution in [2.45, 2.75) is 25.4 Å². The lowest BCUT2D eigenvalue weighted by Gasteiger charge is -2.14. The summed E-state index contributed by atoms with van der Waals surface area (Å²) >= 11 is 0. The molecular weight excluding hydrogens is 274 g/mol. The molecule has 0 aliphatic rings. The second-order valence-electron chi connectivity index (χ2n) is 4.74. The van der Waals surface area contributed by atoms with Crippen molar-refractivity contribution in [1.82, 2.24) is 5.32 Å². The lowest BCUT2D eigenvalue weighted by atomic mass is 9.97. The first-order valence-electron chi connectivity index (χ1n) is 6.64. The van der Waals surface area contributed by atoms with E-state index in [9.17, 15) is 9.59 Å². The highest BCUT2D eigenvalue weighted by Crippen LogP contribution is 2.21. The van der Waals surface area contributed by atoms with Crippen LogP contribution in [0, 0.1) is 0 Å². The second-order valence-corrected chi connectivity index (χ2v) is 4.74. The summed E-state index contributed by atoms with van der Waals surface area (Å²) in [5.41, 5.74) is 1.02. The Labute approximate surface area is 124 Å². The van der Waals surface area contributed by atoms with Crippen LogP contribution in [0.1, 0.15) is 24.8 Å². The number of amides is 1. The van der Waals surface area contributed by atoms with E-state index < -0.39 is 12.1 Å². The van der Waals surface area contributed by atoms with Gasteiger partial charge in [-0.25, -0.2) is 4.79 Å². The molecule has 0 radical (unpaired) electrons. The molecule has 2 atom stereocenters. The number of ether oxygens (including phenoxy) is 2. The minimum Gasteiger partial charge on any atom is -0.497 e. The Bertz CT molecular complexity index is 471. The maximum Gasteiger partial charge on any atom is 0.334 e. The normalized spacial score (nSPS) is 13.3. The molecular formula is C15H21NO5. The molecule has 0 saturated carbocycles. The summed E-state index contributed by atoms with van der Waals surface area (Å²) in [6, 6.07) is 7.50. The first-order chi connectivity index (χ1) is 9.97. The molecule has 21 heavy (non-hydrogen) atoms. The summed E-state index contributed by atoms with van der Waals surface area (Å²) in [7, 11) is 2.89. The molecule has 2 N–H and O–H groups in total. The van der Waals surface area contributed by atoms with Gasteiger partial charge >= 0.3 is 5.97 Å². The summed E-state index contributed by atoms with van der Waals surface area (Å²) in [5.74, 6) is -0.510. The minimum atomic E-state index is -1.10. The predicted molar refractivity (Wildman–Crippen MR) is 77.5 cm³/mol. The number of nitrogens with one attached hydrogen (secondary N) is 1. The van der Waals surface area contributed by atoms with Gasteiger partial charge in [0.15, 0.2) is 6.10 Å². The van der Waals surface area contributed by atoms with Gasteiger partial charge in [0.25, 0.3) is 0 Å². The van der Waals surface area contributed by atoms with E-state index in [4.69, 9.17) is 14.6 Å². The first kappa shape index (κ1) is 17.0. The maximum atomic E-state index is 11.8. The molecule has 1 rings (SSSR count). The summed E-state index contributed by atoms with van der Waals surface area (Å²) in [5, 5.41) is 11.4. The highest BCUT2D eigenvalue weighted by Gasteiger charge is 2.18. The van der Waals surface area contributed by atoms with Crippen molar-refractivity contribution in [1.29, 1.82) is 0 Å². The highest BCUT2D eigenvalue weighted by atomic mass is 16.5. The quantitative estimate of drug-likeness (QED) is 0.757. The fourth-order valence-corrected chi connectivity index (χ4v) is 1.88. The minimum absolute atomic E-state index is 0.0294. The molecule has 1 aromatic rings. The largest absolute Gasteiger partial charge is 0.497 e. The summed E-state index contributed by atoms with van der Waals surface area (Å²) in [4.78, 5) is 22.6. The Balaban J connectivity index is 2.47.